The Hall–Kier alpha value is -4.30. The van der Waals surface area contributed by atoms with Crippen molar-refractivity contribution >= 4 is 28.7 Å². The molecule has 8 nitrogen and oxygen atoms in total. The zero-order valence-corrected chi connectivity index (χ0v) is 21.3. The average Bonchev–Trinajstić information content (AvgIpc) is 3.59. The van der Waals surface area contributed by atoms with Gasteiger partial charge in [0.1, 0.15) is 11.7 Å². The van der Waals surface area contributed by atoms with Crippen LogP contribution in [0.3, 0.4) is 0 Å². The van der Waals surface area contributed by atoms with Crippen molar-refractivity contribution in [2.24, 2.45) is 0 Å². The minimum Gasteiger partial charge on any atom is -0.468 e. The molecule has 1 saturated heterocycles. The largest absolute Gasteiger partial charge is 0.468 e. The van der Waals surface area contributed by atoms with Crippen LogP contribution in [-0.2, 0) is 29.2 Å². The van der Waals surface area contributed by atoms with E-state index in [2.05, 4.69) is 39.1 Å². The van der Waals surface area contributed by atoms with Crippen LogP contribution in [0.15, 0.2) is 66.7 Å². The van der Waals surface area contributed by atoms with Crippen molar-refractivity contribution in [3.05, 3.63) is 89.1 Å². The number of amides is 1. The van der Waals surface area contributed by atoms with Crippen molar-refractivity contribution in [1.29, 1.82) is 0 Å². The van der Waals surface area contributed by atoms with Crippen molar-refractivity contribution in [1.82, 2.24) is 19.8 Å². The lowest BCUT2D eigenvalue weighted by molar-refractivity contribution is -0.146. The SMILES string of the molecule is COC(=O)C1CCCN1Cc1ccccc1-c1ccc2nc(N)nc(C(=O)N3Cc4ccccc4C3)c2c1. The van der Waals surface area contributed by atoms with Crippen LogP contribution in [0.4, 0.5) is 5.95 Å². The summed E-state index contributed by atoms with van der Waals surface area (Å²) in [6.45, 7) is 2.56. The number of carbonyl (C=O) groups is 2. The van der Waals surface area contributed by atoms with Crippen LogP contribution in [0.1, 0.15) is 40.0 Å². The number of nitrogens with zero attached hydrogens (tertiary/aromatic N) is 4. The fourth-order valence-corrected chi connectivity index (χ4v) is 5.68. The summed E-state index contributed by atoms with van der Waals surface area (Å²) < 4.78 is 5.03. The molecule has 2 aliphatic heterocycles. The first-order valence-corrected chi connectivity index (χ1v) is 12.9. The molecule has 38 heavy (non-hydrogen) atoms. The smallest absolute Gasteiger partial charge is 0.323 e. The molecule has 1 fully saturated rings. The Labute approximate surface area is 221 Å². The summed E-state index contributed by atoms with van der Waals surface area (Å²) in [6, 6.07) is 21.9. The zero-order chi connectivity index (χ0) is 26.2. The predicted octanol–water partition coefficient (Wildman–Crippen LogP) is 4.17. The van der Waals surface area contributed by atoms with Gasteiger partial charge < -0.3 is 15.4 Å². The summed E-state index contributed by atoms with van der Waals surface area (Å²) in [5.41, 5.74) is 12.3. The van der Waals surface area contributed by atoms with Crippen LogP contribution in [0.25, 0.3) is 22.0 Å². The molecule has 0 spiro atoms. The molecule has 0 aliphatic carbocycles. The molecule has 3 aromatic carbocycles. The van der Waals surface area contributed by atoms with E-state index in [1.54, 1.807) is 4.90 Å². The molecule has 1 atom stereocenters. The van der Waals surface area contributed by atoms with E-state index in [4.69, 9.17) is 10.5 Å². The van der Waals surface area contributed by atoms with E-state index in [0.29, 0.717) is 36.2 Å². The summed E-state index contributed by atoms with van der Waals surface area (Å²) in [6.07, 6.45) is 1.76. The van der Waals surface area contributed by atoms with Crippen molar-refractivity contribution in [2.75, 3.05) is 19.4 Å². The molecule has 2 aliphatic rings. The average molecular weight is 508 g/mol. The quantitative estimate of drug-likeness (QED) is 0.405. The molecule has 0 radical (unpaired) electrons. The lowest BCUT2D eigenvalue weighted by atomic mass is 9.97. The summed E-state index contributed by atoms with van der Waals surface area (Å²) >= 11 is 0. The Morgan fingerprint density at radius 1 is 1.00 bits per heavy atom. The minimum absolute atomic E-state index is 0.0774. The van der Waals surface area contributed by atoms with Gasteiger partial charge in [0.05, 0.1) is 12.6 Å². The number of nitrogens with two attached hydrogens (primary N) is 1. The maximum absolute atomic E-state index is 13.7. The van der Waals surface area contributed by atoms with Crippen molar-refractivity contribution in [3.63, 3.8) is 0 Å². The van der Waals surface area contributed by atoms with E-state index in [1.165, 1.54) is 7.11 Å². The normalized spacial score (nSPS) is 17.1. The Morgan fingerprint density at radius 3 is 2.50 bits per heavy atom. The maximum Gasteiger partial charge on any atom is 0.323 e. The molecule has 3 heterocycles. The van der Waals surface area contributed by atoms with Crippen molar-refractivity contribution in [3.8, 4) is 11.1 Å². The first-order chi connectivity index (χ1) is 18.5. The van der Waals surface area contributed by atoms with Crippen LogP contribution in [0.5, 0.6) is 0 Å². The standard InChI is InChI=1S/C30H29N5O3/c1-38-29(37)26-11-6-14-34(26)18-22-9-4-5-10-23(22)19-12-13-25-24(15-19)27(33-30(31)32-25)28(36)35-16-20-7-2-3-8-21(20)17-35/h2-5,7-10,12-13,15,26H,6,11,14,16-18H2,1H3,(H2,31,32,33). The van der Waals surface area contributed by atoms with E-state index in [0.717, 1.165) is 47.2 Å². The number of benzene rings is 3. The third-order valence-corrected chi connectivity index (χ3v) is 7.58. The molecule has 4 aromatic rings. The molecule has 1 aromatic heterocycles. The number of methoxy groups -OCH3 is 1. The van der Waals surface area contributed by atoms with Gasteiger partial charge in [-0.05, 0) is 59.3 Å². The van der Waals surface area contributed by atoms with Crippen LogP contribution >= 0.6 is 0 Å². The summed E-state index contributed by atoms with van der Waals surface area (Å²) in [7, 11) is 1.44. The highest BCUT2D eigenvalue weighted by Gasteiger charge is 2.32. The summed E-state index contributed by atoms with van der Waals surface area (Å²) in [4.78, 5) is 38.8. The Balaban J connectivity index is 1.36. The van der Waals surface area contributed by atoms with E-state index < -0.39 is 0 Å². The monoisotopic (exact) mass is 507 g/mol. The number of carbonyl (C=O) groups excluding carboxylic acids is 2. The number of likely N-dealkylation sites (tertiary alicyclic amines) is 1. The van der Waals surface area contributed by atoms with Crippen LogP contribution in [-0.4, -0.2) is 51.3 Å². The van der Waals surface area contributed by atoms with Gasteiger partial charge >= 0.3 is 5.97 Å². The minimum atomic E-state index is -0.227. The molecule has 0 bridgehead atoms. The van der Waals surface area contributed by atoms with Gasteiger partial charge in [0.25, 0.3) is 5.91 Å². The molecule has 192 valence electrons. The first kappa shape index (κ1) is 24.1. The number of aromatic nitrogens is 2. The molecular weight excluding hydrogens is 478 g/mol. The third-order valence-electron chi connectivity index (χ3n) is 7.58. The van der Waals surface area contributed by atoms with Gasteiger partial charge in [-0.1, -0.05) is 54.6 Å². The molecule has 8 heteroatoms. The Kier molecular flexibility index (Phi) is 6.25. The second-order valence-electron chi connectivity index (χ2n) is 9.90. The maximum atomic E-state index is 13.7. The number of fused-ring (bicyclic) bond motifs is 2. The van der Waals surface area contributed by atoms with Crippen molar-refractivity contribution < 1.29 is 14.3 Å². The van der Waals surface area contributed by atoms with E-state index in [9.17, 15) is 9.59 Å². The van der Waals surface area contributed by atoms with Gasteiger partial charge in [-0.2, -0.15) is 0 Å². The zero-order valence-electron chi connectivity index (χ0n) is 21.3. The summed E-state index contributed by atoms with van der Waals surface area (Å²) in [5, 5.41) is 0.668. The molecule has 0 saturated carbocycles. The van der Waals surface area contributed by atoms with E-state index in [-0.39, 0.29) is 23.9 Å². The van der Waals surface area contributed by atoms with Crippen molar-refractivity contribution in [2.45, 2.75) is 38.5 Å². The van der Waals surface area contributed by atoms with Gasteiger partial charge in [0, 0.05) is 25.0 Å². The number of esters is 1. The number of hydrogen-bond acceptors (Lipinski definition) is 7. The molecular formula is C30H29N5O3. The highest BCUT2D eigenvalue weighted by atomic mass is 16.5. The van der Waals surface area contributed by atoms with Gasteiger partial charge in [0.15, 0.2) is 0 Å². The summed E-state index contributed by atoms with van der Waals surface area (Å²) in [5.74, 6) is -0.273. The lowest BCUT2D eigenvalue weighted by Crippen LogP contribution is -2.36. The number of anilines is 1. The number of rotatable bonds is 5. The Morgan fingerprint density at radius 2 is 1.74 bits per heavy atom. The number of nitrogen functional groups attached to an aromatic ring is 1. The van der Waals surface area contributed by atoms with Gasteiger partial charge in [-0.3, -0.25) is 14.5 Å². The highest BCUT2D eigenvalue weighted by molar-refractivity contribution is 6.06. The van der Waals surface area contributed by atoms with Crippen LogP contribution in [0, 0.1) is 0 Å². The molecule has 2 N–H and O–H groups in total. The van der Waals surface area contributed by atoms with Gasteiger partial charge in [0.2, 0.25) is 5.95 Å². The van der Waals surface area contributed by atoms with Gasteiger partial charge in [-0.15, -0.1) is 0 Å². The Bertz CT molecular complexity index is 1530. The fraction of sp³-hybridized carbons (Fsp3) is 0.267. The highest BCUT2D eigenvalue weighted by Crippen LogP contribution is 2.32. The van der Waals surface area contributed by atoms with Crippen LogP contribution < -0.4 is 5.73 Å². The lowest BCUT2D eigenvalue weighted by Gasteiger charge is -2.23. The van der Waals surface area contributed by atoms with Crippen LogP contribution in [0.2, 0.25) is 0 Å². The first-order valence-electron chi connectivity index (χ1n) is 12.9. The molecule has 6 rings (SSSR count). The topological polar surface area (TPSA) is 102 Å². The van der Waals surface area contributed by atoms with Gasteiger partial charge in [-0.25, -0.2) is 9.97 Å². The number of hydrogen-bond donors (Lipinski definition) is 1. The second kappa shape index (κ2) is 9.87. The molecule has 1 amide bonds. The number of ether oxygens (including phenoxy) is 1. The molecule has 1 unspecified atom stereocenters. The second-order valence-corrected chi connectivity index (χ2v) is 9.90. The van der Waals surface area contributed by atoms with E-state index in [1.807, 2.05) is 42.5 Å². The third kappa shape index (κ3) is 4.37. The van der Waals surface area contributed by atoms with E-state index >= 15 is 0 Å². The predicted molar refractivity (Wildman–Crippen MR) is 145 cm³/mol. The fourth-order valence-electron chi connectivity index (χ4n) is 5.68.